The minimum atomic E-state index is -0.133. The first-order valence-electron chi connectivity index (χ1n) is 5.71. The molecule has 0 unspecified atom stereocenters. The number of allylic oxidation sites excluding steroid dienone is 2. The molecule has 5 nitrogen and oxygen atoms in total. The Labute approximate surface area is 105 Å². The Morgan fingerprint density at radius 2 is 2.28 bits per heavy atom. The Morgan fingerprint density at radius 1 is 1.56 bits per heavy atom. The molecule has 18 heavy (non-hydrogen) atoms. The van der Waals surface area contributed by atoms with Crippen molar-refractivity contribution in [1.82, 2.24) is 9.13 Å². The molecule has 0 aromatic carbocycles. The van der Waals surface area contributed by atoms with E-state index in [1.807, 2.05) is 23.6 Å². The van der Waals surface area contributed by atoms with Crippen LogP contribution in [-0.2, 0) is 13.5 Å². The van der Waals surface area contributed by atoms with Crippen LogP contribution < -0.4 is 11.2 Å². The summed E-state index contributed by atoms with van der Waals surface area (Å²) in [4.78, 5) is 20.8. The van der Waals surface area contributed by atoms with Crippen LogP contribution in [0.3, 0.4) is 0 Å². The summed E-state index contributed by atoms with van der Waals surface area (Å²) >= 11 is 0. The number of aromatic nitrogens is 2. The zero-order chi connectivity index (χ0) is 13.3. The van der Waals surface area contributed by atoms with E-state index >= 15 is 0 Å². The second kappa shape index (κ2) is 4.60. The summed E-state index contributed by atoms with van der Waals surface area (Å²) in [7, 11) is 3.34. The molecule has 0 atom stereocenters. The van der Waals surface area contributed by atoms with Gasteiger partial charge in [0.25, 0.3) is 5.56 Å². The molecule has 0 aliphatic carbocycles. The topological polar surface area (TPSA) is 51.6 Å². The fourth-order valence-corrected chi connectivity index (χ4v) is 2.08. The minimum Gasteiger partial charge on any atom is -0.289 e. The van der Waals surface area contributed by atoms with Crippen LogP contribution in [-0.4, -0.2) is 21.9 Å². The highest BCUT2D eigenvalue weighted by molar-refractivity contribution is 5.95. The molecule has 1 aliphatic rings. The second-order valence-corrected chi connectivity index (χ2v) is 4.10. The highest BCUT2D eigenvalue weighted by atomic mass is 16.1. The van der Waals surface area contributed by atoms with Gasteiger partial charge >= 0.3 is 0 Å². The third-order valence-electron chi connectivity index (χ3n) is 2.93. The van der Waals surface area contributed by atoms with Crippen LogP contribution >= 0.6 is 0 Å². The van der Waals surface area contributed by atoms with E-state index in [0.717, 1.165) is 11.4 Å². The fourth-order valence-electron chi connectivity index (χ4n) is 2.08. The lowest BCUT2D eigenvalue weighted by molar-refractivity contribution is 0.695. The highest BCUT2D eigenvalue weighted by Gasteiger charge is 2.15. The maximum absolute atomic E-state index is 12.3. The lowest BCUT2D eigenvalue weighted by Gasteiger charge is -2.13. The van der Waals surface area contributed by atoms with Crippen LogP contribution in [0.2, 0.25) is 0 Å². The first-order valence-corrected chi connectivity index (χ1v) is 5.71. The molecule has 0 amide bonds. The van der Waals surface area contributed by atoms with Gasteiger partial charge in [-0.1, -0.05) is 12.7 Å². The number of nitrogens with zero attached hydrogens (tertiary/aromatic N) is 4. The lowest BCUT2D eigenvalue weighted by atomic mass is 10.2. The molecule has 0 fully saturated rings. The molecule has 0 radical (unpaired) electrons. The Hall–Kier alpha value is -2.17. The second-order valence-electron chi connectivity index (χ2n) is 4.10. The van der Waals surface area contributed by atoms with Gasteiger partial charge in [-0.25, -0.2) is 4.99 Å². The summed E-state index contributed by atoms with van der Waals surface area (Å²) in [5, 5.41) is 0. The molecule has 2 heterocycles. The Bertz CT molecular complexity index is 686. The number of aliphatic imine (C=N–C) groups is 1. The summed E-state index contributed by atoms with van der Waals surface area (Å²) in [6.07, 6.45) is 6.20. The van der Waals surface area contributed by atoms with Gasteiger partial charge < -0.3 is 0 Å². The van der Waals surface area contributed by atoms with Crippen LogP contribution in [0.5, 0.6) is 0 Å². The zero-order valence-corrected chi connectivity index (χ0v) is 10.8. The monoisotopic (exact) mass is 244 g/mol. The predicted molar refractivity (Wildman–Crippen MR) is 73.2 cm³/mol. The van der Waals surface area contributed by atoms with E-state index in [0.29, 0.717) is 17.7 Å². The predicted octanol–water partition coefficient (Wildman–Crippen LogP) is 1.02. The molecular formula is C13H16N4O. The summed E-state index contributed by atoms with van der Waals surface area (Å²) in [5.74, 6) is 0. The summed E-state index contributed by atoms with van der Waals surface area (Å²) in [6, 6.07) is 0. The Morgan fingerprint density at radius 3 is 2.89 bits per heavy atom. The van der Waals surface area contributed by atoms with E-state index in [2.05, 4.69) is 16.6 Å². The van der Waals surface area contributed by atoms with E-state index in [4.69, 9.17) is 0 Å². The smallest absolute Gasteiger partial charge is 0.280 e. The van der Waals surface area contributed by atoms with Crippen molar-refractivity contribution in [3.8, 4) is 0 Å². The van der Waals surface area contributed by atoms with E-state index < -0.39 is 0 Å². The molecule has 1 aliphatic heterocycles. The van der Waals surface area contributed by atoms with Crippen molar-refractivity contribution in [1.29, 1.82) is 0 Å². The van der Waals surface area contributed by atoms with Gasteiger partial charge in [-0.05, 0) is 13.0 Å². The minimum absolute atomic E-state index is 0.133. The molecule has 2 rings (SSSR count). The maximum Gasteiger partial charge on any atom is 0.280 e. The Balaban J connectivity index is 3.00. The molecular weight excluding hydrogens is 228 g/mol. The fraction of sp³-hybridized carbons (Fsp3) is 0.308. The number of hydrogen-bond acceptors (Lipinski definition) is 3. The van der Waals surface area contributed by atoms with Crippen molar-refractivity contribution in [2.75, 3.05) is 7.05 Å². The van der Waals surface area contributed by atoms with E-state index in [-0.39, 0.29) is 5.56 Å². The lowest BCUT2D eigenvalue weighted by Crippen LogP contribution is -2.39. The van der Waals surface area contributed by atoms with Gasteiger partial charge in [0, 0.05) is 32.4 Å². The SMILES string of the molecule is C=Cn1c2c(c(=O)n(C)c1=NC)N=C(C)C=CC2. The van der Waals surface area contributed by atoms with Gasteiger partial charge in [-0.3, -0.25) is 18.9 Å². The van der Waals surface area contributed by atoms with E-state index in [1.54, 1.807) is 20.3 Å². The Kier molecular flexibility index (Phi) is 3.14. The summed E-state index contributed by atoms with van der Waals surface area (Å²) < 4.78 is 3.30. The van der Waals surface area contributed by atoms with Crippen LogP contribution in [0.1, 0.15) is 12.6 Å². The molecule has 5 heteroatoms. The summed E-state index contributed by atoms with van der Waals surface area (Å²) in [5.41, 5.74) is 2.54. The zero-order valence-electron chi connectivity index (χ0n) is 10.8. The molecule has 0 saturated heterocycles. The molecule has 94 valence electrons. The van der Waals surface area contributed by atoms with Gasteiger partial charge in [0.05, 0.1) is 5.69 Å². The van der Waals surface area contributed by atoms with Crippen LogP contribution in [0.4, 0.5) is 5.69 Å². The first kappa shape index (κ1) is 12.3. The number of rotatable bonds is 1. The van der Waals surface area contributed by atoms with E-state index in [9.17, 15) is 4.79 Å². The van der Waals surface area contributed by atoms with Crippen molar-refractivity contribution in [3.05, 3.63) is 40.4 Å². The average Bonchev–Trinajstić information content (AvgIpc) is 2.55. The molecule has 1 aromatic heterocycles. The van der Waals surface area contributed by atoms with E-state index in [1.165, 1.54) is 4.57 Å². The maximum atomic E-state index is 12.3. The molecule has 0 bridgehead atoms. The van der Waals surface area contributed by atoms with Gasteiger partial charge in [-0.2, -0.15) is 0 Å². The molecule has 0 N–H and O–H groups in total. The molecule has 0 spiro atoms. The standard InChI is InChI=1S/C13H16N4O/c1-5-17-10-8-6-7-9(2)15-11(10)12(18)16(4)13(17)14-3/h5-7H,1,8H2,2-4H3. The van der Waals surface area contributed by atoms with Gasteiger partial charge in [0.2, 0.25) is 5.62 Å². The molecule has 1 aromatic rings. The van der Waals surface area contributed by atoms with Crippen LogP contribution in [0, 0.1) is 0 Å². The third-order valence-corrected chi connectivity index (χ3v) is 2.93. The van der Waals surface area contributed by atoms with Gasteiger partial charge in [-0.15, -0.1) is 0 Å². The highest BCUT2D eigenvalue weighted by Crippen LogP contribution is 2.17. The van der Waals surface area contributed by atoms with Crippen molar-refractivity contribution in [2.45, 2.75) is 13.3 Å². The van der Waals surface area contributed by atoms with Crippen LogP contribution in [0.25, 0.3) is 6.20 Å². The average molecular weight is 244 g/mol. The van der Waals surface area contributed by atoms with Gasteiger partial charge in [0.1, 0.15) is 5.69 Å². The van der Waals surface area contributed by atoms with Crippen molar-refractivity contribution in [2.24, 2.45) is 17.0 Å². The van der Waals surface area contributed by atoms with Crippen molar-refractivity contribution < 1.29 is 0 Å². The normalized spacial score (nSPS) is 15.1. The van der Waals surface area contributed by atoms with Crippen molar-refractivity contribution in [3.63, 3.8) is 0 Å². The quantitative estimate of drug-likeness (QED) is 0.727. The third kappa shape index (κ3) is 1.77. The first-order chi connectivity index (χ1) is 8.60. The largest absolute Gasteiger partial charge is 0.289 e. The van der Waals surface area contributed by atoms with Crippen molar-refractivity contribution >= 4 is 17.6 Å². The number of fused-ring (bicyclic) bond motifs is 1. The van der Waals surface area contributed by atoms with Crippen LogP contribution in [0.15, 0.2) is 33.5 Å². The van der Waals surface area contributed by atoms with Gasteiger partial charge in [0.15, 0.2) is 0 Å². The summed E-state index contributed by atoms with van der Waals surface area (Å²) in [6.45, 7) is 5.66. The molecule has 0 saturated carbocycles. The number of hydrogen-bond donors (Lipinski definition) is 0.